The van der Waals surface area contributed by atoms with E-state index >= 15 is 0 Å². The molecule has 0 aliphatic heterocycles. The Hall–Kier alpha value is -3.02. The van der Waals surface area contributed by atoms with Gasteiger partial charge in [0.1, 0.15) is 0 Å². The van der Waals surface area contributed by atoms with Crippen molar-refractivity contribution in [3.8, 4) is 0 Å². The van der Waals surface area contributed by atoms with Gasteiger partial charge in [0.2, 0.25) is 5.91 Å². The SMILES string of the molecule is CC(=O)Nc1ccc(C(=O)O)cc1N=C1C=C(C(C)(C)C)C(=O)C(C(C)(C)C)=C1. The summed E-state index contributed by atoms with van der Waals surface area (Å²) in [5.74, 6) is -1.38. The van der Waals surface area contributed by atoms with Gasteiger partial charge in [0.15, 0.2) is 5.78 Å². The highest BCUT2D eigenvalue weighted by molar-refractivity contribution is 6.23. The standard InChI is InChI=1S/C23H28N2O4/c1-13(26)24-18-9-8-14(21(28)29)10-19(18)25-15-11-16(22(2,3)4)20(27)17(12-15)23(5,6)7/h8-12H,1-7H3,(H,24,26)(H,28,29). The van der Waals surface area contributed by atoms with Gasteiger partial charge in [-0.25, -0.2) is 9.79 Å². The molecule has 6 nitrogen and oxygen atoms in total. The van der Waals surface area contributed by atoms with Crippen molar-refractivity contribution in [3.05, 3.63) is 47.1 Å². The van der Waals surface area contributed by atoms with Crippen LogP contribution >= 0.6 is 0 Å². The highest BCUT2D eigenvalue weighted by Crippen LogP contribution is 2.38. The quantitative estimate of drug-likeness (QED) is 0.707. The number of carboxylic acid groups (broad SMARTS) is 1. The van der Waals surface area contributed by atoms with Gasteiger partial charge in [-0.3, -0.25) is 9.59 Å². The summed E-state index contributed by atoms with van der Waals surface area (Å²) in [6, 6.07) is 4.34. The van der Waals surface area contributed by atoms with Crippen LogP contribution in [0, 0.1) is 10.8 Å². The lowest BCUT2D eigenvalue weighted by Gasteiger charge is -2.31. The van der Waals surface area contributed by atoms with Crippen molar-refractivity contribution in [2.45, 2.75) is 48.5 Å². The van der Waals surface area contributed by atoms with Crippen molar-refractivity contribution >= 4 is 34.7 Å². The number of rotatable bonds is 3. The second-order valence-electron chi connectivity index (χ2n) is 9.20. The molecule has 0 bridgehead atoms. The molecule has 1 aliphatic rings. The summed E-state index contributed by atoms with van der Waals surface area (Å²) in [5.41, 5.74) is 1.83. The summed E-state index contributed by atoms with van der Waals surface area (Å²) in [7, 11) is 0. The number of nitrogens with one attached hydrogen (secondary N) is 1. The normalized spacial score (nSPS) is 14.9. The van der Waals surface area contributed by atoms with Gasteiger partial charge in [-0.15, -0.1) is 0 Å². The van der Waals surface area contributed by atoms with E-state index < -0.39 is 5.97 Å². The third-order valence-electron chi connectivity index (χ3n) is 4.49. The van der Waals surface area contributed by atoms with Crippen molar-refractivity contribution in [2.24, 2.45) is 15.8 Å². The van der Waals surface area contributed by atoms with Crippen LogP contribution in [0.25, 0.3) is 0 Å². The summed E-state index contributed by atoms with van der Waals surface area (Å²) < 4.78 is 0. The van der Waals surface area contributed by atoms with E-state index in [1.165, 1.54) is 25.1 Å². The number of ketones is 1. The fourth-order valence-electron chi connectivity index (χ4n) is 2.98. The number of carbonyl (C=O) groups excluding carboxylic acids is 2. The third-order valence-corrected chi connectivity index (χ3v) is 4.49. The van der Waals surface area contributed by atoms with E-state index in [1.54, 1.807) is 12.2 Å². The largest absolute Gasteiger partial charge is 0.478 e. The Labute approximate surface area is 171 Å². The van der Waals surface area contributed by atoms with Gasteiger partial charge in [-0.05, 0) is 41.2 Å². The number of anilines is 1. The minimum absolute atomic E-state index is 0.00896. The molecule has 1 aromatic carbocycles. The number of nitrogens with zero attached hydrogens (tertiary/aromatic N) is 1. The second-order valence-corrected chi connectivity index (χ2v) is 9.20. The molecule has 0 spiro atoms. The van der Waals surface area contributed by atoms with Gasteiger partial charge < -0.3 is 10.4 Å². The minimum Gasteiger partial charge on any atom is -0.478 e. The molecule has 0 heterocycles. The summed E-state index contributed by atoms with van der Waals surface area (Å²) in [6.07, 6.45) is 3.48. The van der Waals surface area contributed by atoms with E-state index in [9.17, 15) is 19.5 Å². The van der Waals surface area contributed by atoms with Crippen LogP contribution < -0.4 is 5.32 Å². The fourth-order valence-corrected chi connectivity index (χ4v) is 2.98. The summed E-state index contributed by atoms with van der Waals surface area (Å²) >= 11 is 0. The highest BCUT2D eigenvalue weighted by Gasteiger charge is 2.34. The first kappa shape index (κ1) is 22.3. The Morgan fingerprint density at radius 2 is 1.48 bits per heavy atom. The first-order chi connectivity index (χ1) is 13.2. The van der Waals surface area contributed by atoms with E-state index in [2.05, 4.69) is 10.3 Å². The van der Waals surface area contributed by atoms with Crippen LogP contribution in [0.3, 0.4) is 0 Å². The molecule has 1 amide bonds. The van der Waals surface area contributed by atoms with Crippen molar-refractivity contribution in [2.75, 3.05) is 5.32 Å². The van der Waals surface area contributed by atoms with Crippen molar-refractivity contribution in [3.63, 3.8) is 0 Å². The summed E-state index contributed by atoms with van der Waals surface area (Å²) in [5, 5.41) is 12.0. The molecule has 1 aliphatic carbocycles. The maximum Gasteiger partial charge on any atom is 0.335 e. The Morgan fingerprint density at radius 1 is 0.966 bits per heavy atom. The first-order valence-electron chi connectivity index (χ1n) is 9.43. The molecule has 0 radical (unpaired) electrons. The van der Waals surface area contributed by atoms with Crippen molar-refractivity contribution < 1.29 is 19.5 Å². The predicted octanol–water partition coefficient (Wildman–Crippen LogP) is 4.94. The Kier molecular flexibility index (Phi) is 5.97. The number of hydrogen-bond donors (Lipinski definition) is 2. The fraction of sp³-hybridized carbons (Fsp3) is 0.391. The Balaban J connectivity index is 2.72. The lowest BCUT2D eigenvalue weighted by Crippen LogP contribution is -2.29. The molecular weight excluding hydrogens is 368 g/mol. The maximum atomic E-state index is 13.0. The monoisotopic (exact) mass is 396 g/mol. The number of hydrogen-bond acceptors (Lipinski definition) is 4. The second kappa shape index (κ2) is 7.78. The van der Waals surface area contributed by atoms with Gasteiger partial charge in [0.05, 0.1) is 22.6 Å². The number of amides is 1. The molecule has 2 rings (SSSR count). The molecule has 0 unspecified atom stereocenters. The van der Waals surface area contributed by atoms with Crippen molar-refractivity contribution in [1.29, 1.82) is 0 Å². The Morgan fingerprint density at radius 3 is 1.90 bits per heavy atom. The van der Waals surface area contributed by atoms with E-state index in [-0.39, 0.29) is 28.1 Å². The zero-order chi connectivity index (χ0) is 22.1. The number of benzene rings is 1. The third kappa shape index (κ3) is 5.28. The molecule has 29 heavy (non-hydrogen) atoms. The van der Waals surface area contributed by atoms with Gasteiger partial charge in [0, 0.05) is 18.1 Å². The highest BCUT2D eigenvalue weighted by atomic mass is 16.4. The smallest absolute Gasteiger partial charge is 0.335 e. The number of aromatic carboxylic acids is 1. The van der Waals surface area contributed by atoms with Gasteiger partial charge in [-0.1, -0.05) is 41.5 Å². The summed E-state index contributed by atoms with van der Waals surface area (Å²) in [6.45, 7) is 13.2. The molecule has 0 saturated carbocycles. The van der Waals surface area contributed by atoms with Crippen LogP contribution in [0.4, 0.5) is 11.4 Å². The molecule has 0 aromatic heterocycles. The molecule has 2 N–H and O–H groups in total. The zero-order valence-corrected chi connectivity index (χ0v) is 18.0. The van der Waals surface area contributed by atoms with Crippen LogP contribution in [-0.4, -0.2) is 28.5 Å². The van der Waals surface area contributed by atoms with Crippen LogP contribution in [0.5, 0.6) is 0 Å². The average molecular weight is 396 g/mol. The van der Waals surface area contributed by atoms with E-state index in [4.69, 9.17) is 0 Å². The predicted molar refractivity (Wildman–Crippen MR) is 115 cm³/mol. The van der Waals surface area contributed by atoms with Gasteiger partial charge in [0.25, 0.3) is 0 Å². The molecule has 6 heteroatoms. The van der Waals surface area contributed by atoms with Crippen LogP contribution in [-0.2, 0) is 9.59 Å². The molecule has 0 fully saturated rings. The van der Waals surface area contributed by atoms with E-state index in [1.807, 2.05) is 41.5 Å². The van der Waals surface area contributed by atoms with Crippen LogP contribution in [0.15, 0.2) is 46.5 Å². The lowest BCUT2D eigenvalue weighted by molar-refractivity contribution is -0.114. The van der Waals surface area contributed by atoms with Crippen molar-refractivity contribution in [1.82, 2.24) is 0 Å². The van der Waals surface area contributed by atoms with Gasteiger partial charge >= 0.3 is 5.97 Å². The van der Waals surface area contributed by atoms with E-state index in [0.29, 0.717) is 28.2 Å². The molecule has 0 saturated heterocycles. The molecular formula is C23H28N2O4. The molecule has 0 atom stereocenters. The topological polar surface area (TPSA) is 95.8 Å². The number of carboxylic acids is 1. The van der Waals surface area contributed by atoms with E-state index in [0.717, 1.165) is 0 Å². The average Bonchev–Trinajstić information content (AvgIpc) is 2.55. The minimum atomic E-state index is -1.09. The van der Waals surface area contributed by atoms with Crippen LogP contribution in [0.2, 0.25) is 0 Å². The number of Topliss-reactive ketones (excluding diaryl/α,β-unsaturated/α-hetero) is 1. The summed E-state index contributed by atoms with van der Waals surface area (Å²) in [4.78, 5) is 40.6. The first-order valence-corrected chi connectivity index (χ1v) is 9.43. The lowest BCUT2D eigenvalue weighted by atomic mass is 9.72. The maximum absolute atomic E-state index is 13.0. The Bertz CT molecular complexity index is 932. The van der Waals surface area contributed by atoms with Crippen LogP contribution in [0.1, 0.15) is 58.8 Å². The zero-order valence-electron chi connectivity index (χ0n) is 18.0. The molecule has 154 valence electrons. The number of allylic oxidation sites excluding steroid dienone is 4. The van der Waals surface area contributed by atoms with Gasteiger partial charge in [-0.2, -0.15) is 0 Å². The number of carbonyl (C=O) groups is 3. The molecule has 1 aromatic rings. The number of aliphatic imine (C=N–C) groups is 1.